The highest BCUT2D eigenvalue weighted by atomic mass is 16.7. The van der Waals surface area contributed by atoms with Gasteiger partial charge in [0.2, 0.25) is 5.91 Å². The van der Waals surface area contributed by atoms with Gasteiger partial charge in [-0.3, -0.25) is 4.79 Å². The quantitative estimate of drug-likeness (QED) is 0.854. The van der Waals surface area contributed by atoms with Crippen molar-refractivity contribution in [3.05, 3.63) is 23.5 Å². The summed E-state index contributed by atoms with van der Waals surface area (Å²) in [5.74, 6) is -0.167. The molecule has 0 radical (unpaired) electrons. The summed E-state index contributed by atoms with van der Waals surface area (Å²) in [7, 11) is 0. The molecule has 0 atom stereocenters. The normalized spacial score (nSPS) is 21.1. The lowest BCUT2D eigenvalue weighted by Gasteiger charge is -2.37. The number of amides is 1. The van der Waals surface area contributed by atoms with E-state index >= 15 is 0 Å². The molecular weight excluding hydrogens is 268 g/mol. The maximum Gasteiger partial charge on any atom is 0.224 e. The fraction of sp³-hybridized carbons (Fsp3) is 0.688. The predicted octanol–water partition coefficient (Wildman–Crippen LogP) is 1.86. The minimum atomic E-state index is -0.398. The Kier molecular flexibility index (Phi) is 4.04. The van der Waals surface area contributed by atoms with Crippen molar-refractivity contribution in [3.8, 4) is 0 Å². The average Bonchev–Trinajstić information content (AvgIpc) is 3.06. The molecule has 21 heavy (non-hydrogen) atoms. The maximum absolute atomic E-state index is 12.4. The van der Waals surface area contributed by atoms with Crippen molar-refractivity contribution in [2.75, 3.05) is 26.3 Å². The molecule has 1 aromatic rings. The van der Waals surface area contributed by atoms with Gasteiger partial charge in [-0.25, -0.2) is 0 Å². The third-order valence-electron chi connectivity index (χ3n) is 4.66. The smallest absolute Gasteiger partial charge is 0.224 e. The van der Waals surface area contributed by atoms with E-state index in [-0.39, 0.29) is 5.91 Å². The third-order valence-corrected chi connectivity index (χ3v) is 4.66. The summed E-state index contributed by atoms with van der Waals surface area (Å²) in [5, 5.41) is 0. The molecule has 2 aliphatic rings. The van der Waals surface area contributed by atoms with E-state index in [1.807, 2.05) is 4.90 Å². The largest absolute Gasteiger partial charge is 0.349 e. The van der Waals surface area contributed by atoms with Crippen LogP contribution in [0.1, 0.15) is 30.7 Å². The number of hydrogen-bond donors (Lipinski definition) is 0. The average molecular weight is 292 g/mol. The van der Waals surface area contributed by atoms with Crippen LogP contribution in [-0.2, 0) is 20.8 Å². The van der Waals surface area contributed by atoms with Gasteiger partial charge in [0.15, 0.2) is 5.79 Å². The van der Waals surface area contributed by atoms with Crippen LogP contribution < -0.4 is 0 Å². The fourth-order valence-electron chi connectivity index (χ4n) is 3.30. The molecule has 2 fully saturated rings. The number of ether oxygens (including phenoxy) is 2. The van der Waals surface area contributed by atoms with Crippen LogP contribution in [0.15, 0.2) is 12.1 Å². The van der Waals surface area contributed by atoms with Crippen LogP contribution in [0, 0.1) is 13.8 Å². The lowest BCUT2D eigenvalue weighted by Crippen LogP contribution is -2.47. The molecule has 0 unspecified atom stereocenters. The van der Waals surface area contributed by atoms with Gasteiger partial charge in [-0.05, 0) is 26.0 Å². The van der Waals surface area contributed by atoms with Gasteiger partial charge in [-0.15, -0.1) is 0 Å². The van der Waals surface area contributed by atoms with Crippen LogP contribution in [0.3, 0.4) is 0 Å². The minimum absolute atomic E-state index is 0.232. The van der Waals surface area contributed by atoms with Gasteiger partial charge in [-0.2, -0.15) is 0 Å². The minimum Gasteiger partial charge on any atom is -0.349 e. The number of piperidine rings is 1. The molecule has 116 valence electrons. The van der Waals surface area contributed by atoms with Gasteiger partial charge < -0.3 is 18.9 Å². The monoisotopic (exact) mass is 292 g/mol. The van der Waals surface area contributed by atoms with E-state index in [2.05, 4.69) is 30.5 Å². The number of carbonyl (C=O) groups is 1. The molecule has 2 aliphatic heterocycles. The van der Waals surface area contributed by atoms with Crippen LogP contribution in [0.2, 0.25) is 0 Å². The van der Waals surface area contributed by atoms with Gasteiger partial charge in [-0.1, -0.05) is 0 Å². The Morgan fingerprint density at radius 3 is 2.29 bits per heavy atom. The highest BCUT2D eigenvalue weighted by Gasteiger charge is 2.40. The van der Waals surface area contributed by atoms with Crippen molar-refractivity contribution in [1.82, 2.24) is 9.47 Å². The van der Waals surface area contributed by atoms with E-state index in [1.165, 1.54) is 11.4 Å². The first kappa shape index (κ1) is 14.6. The van der Waals surface area contributed by atoms with Gasteiger partial charge in [0.1, 0.15) is 0 Å². The second-order valence-electron chi connectivity index (χ2n) is 6.01. The van der Waals surface area contributed by atoms with E-state index in [9.17, 15) is 4.79 Å². The zero-order valence-corrected chi connectivity index (χ0v) is 12.9. The zero-order chi connectivity index (χ0) is 14.9. The Labute approximate surface area is 125 Å². The summed E-state index contributed by atoms with van der Waals surface area (Å²) in [6.07, 6.45) is 2.14. The van der Waals surface area contributed by atoms with Crippen LogP contribution in [-0.4, -0.2) is 47.5 Å². The van der Waals surface area contributed by atoms with Gasteiger partial charge in [0.25, 0.3) is 0 Å². The van der Waals surface area contributed by atoms with E-state index in [0.717, 1.165) is 32.5 Å². The zero-order valence-electron chi connectivity index (χ0n) is 12.9. The topological polar surface area (TPSA) is 43.7 Å². The number of aromatic nitrogens is 1. The van der Waals surface area contributed by atoms with Gasteiger partial charge >= 0.3 is 0 Å². The molecule has 1 amide bonds. The summed E-state index contributed by atoms with van der Waals surface area (Å²) in [4.78, 5) is 14.3. The second kappa shape index (κ2) is 5.81. The number of nitrogens with zero attached hydrogens (tertiary/aromatic N) is 2. The van der Waals surface area contributed by atoms with E-state index < -0.39 is 5.79 Å². The predicted molar refractivity (Wildman–Crippen MR) is 79.0 cm³/mol. The summed E-state index contributed by atoms with van der Waals surface area (Å²) in [6, 6.07) is 4.19. The molecule has 0 N–H and O–H groups in total. The van der Waals surface area contributed by atoms with E-state index in [4.69, 9.17) is 9.47 Å². The molecule has 0 saturated carbocycles. The first-order valence-corrected chi connectivity index (χ1v) is 7.78. The second-order valence-corrected chi connectivity index (χ2v) is 6.01. The molecular formula is C16H24N2O3. The molecule has 5 nitrogen and oxygen atoms in total. The van der Waals surface area contributed by atoms with Crippen molar-refractivity contribution in [3.63, 3.8) is 0 Å². The first-order valence-electron chi connectivity index (χ1n) is 7.78. The van der Waals surface area contributed by atoms with E-state index in [0.29, 0.717) is 19.6 Å². The van der Waals surface area contributed by atoms with E-state index in [1.54, 1.807) is 0 Å². The first-order chi connectivity index (χ1) is 10.1. The van der Waals surface area contributed by atoms with Gasteiger partial charge in [0, 0.05) is 50.3 Å². The van der Waals surface area contributed by atoms with Crippen molar-refractivity contribution in [2.24, 2.45) is 0 Å². The summed E-state index contributed by atoms with van der Waals surface area (Å²) in [5.41, 5.74) is 2.43. The Hall–Kier alpha value is -1.33. The number of hydrogen-bond acceptors (Lipinski definition) is 3. The third kappa shape index (κ3) is 2.99. The number of carbonyl (C=O) groups excluding carboxylic acids is 1. The number of rotatable bonds is 3. The van der Waals surface area contributed by atoms with Crippen LogP contribution >= 0.6 is 0 Å². The highest BCUT2D eigenvalue weighted by Crippen LogP contribution is 2.31. The number of aryl methyl sites for hydroxylation is 2. The molecule has 0 aromatic carbocycles. The van der Waals surface area contributed by atoms with Crippen LogP contribution in [0.5, 0.6) is 0 Å². The Bertz CT molecular complexity index is 488. The summed E-state index contributed by atoms with van der Waals surface area (Å²) < 4.78 is 13.6. The van der Waals surface area contributed by atoms with Crippen molar-refractivity contribution >= 4 is 5.91 Å². The molecule has 2 saturated heterocycles. The Morgan fingerprint density at radius 2 is 1.71 bits per heavy atom. The number of likely N-dealkylation sites (tertiary alicyclic amines) is 1. The lowest BCUT2D eigenvalue weighted by atomic mass is 10.0. The maximum atomic E-state index is 12.4. The molecule has 5 heteroatoms. The molecule has 0 aliphatic carbocycles. The van der Waals surface area contributed by atoms with Gasteiger partial charge in [0.05, 0.1) is 13.2 Å². The standard InChI is InChI=1S/C16H24N2O3/c1-13-3-4-14(2)18(13)8-5-15(19)17-9-6-16(7-10-17)20-11-12-21-16/h3-4H,5-12H2,1-2H3. The Morgan fingerprint density at radius 1 is 1.14 bits per heavy atom. The summed E-state index contributed by atoms with van der Waals surface area (Å²) >= 11 is 0. The summed E-state index contributed by atoms with van der Waals surface area (Å²) in [6.45, 7) is 7.76. The van der Waals surface area contributed by atoms with Crippen molar-refractivity contribution in [2.45, 2.75) is 45.4 Å². The molecule has 0 bridgehead atoms. The van der Waals surface area contributed by atoms with Crippen LogP contribution in [0.4, 0.5) is 0 Å². The Balaban J connectivity index is 1.50. The van der Waals surface area contributed by atoms with Crippen molar-refractivity contribution < 1.29 is 14.3 Å². The van der Waals surface area contributed by atoms with Crippen LogP contribution in [0.25, 0.3) is 0 Å². The highest BCUT2D eigenvalue weighted by molar-refractivity contribution is 5.76. The fourth-order valence-corrected chi connectivity index (χ4v) is 3.30. The van der Waals surface area contributed by atoms with Crippen molar-refractivity contribution in [1.29, 1.82) is 0 Å². The molecule has 1 spiro atoms. The SMILES string of the molecule is Cc1ccc(C)n1CCC(=O)N1CCC2(CC1)OCCO2. The lowest BCUT2D eigenvalue weighted by molar-refractivity contribution is -0.187. The molecule has 3 heterocycles. The molecule has 1 aromatic heterocycles. The molecule has 3 rings (SSSR count).